The number of hydrogen-bond donors (Lipinski definition) is 1. The number of nitrogens with zero attached hydrogens (tertiary/aromatic N) is 3. The molecule has 1 fully saturated rings. The Bertz CT molecular complexity index is 770. The first kappa shape index (κ1) is 15.8. The smallest absolute Gasteiger partial charge is 0.270 e. The maximum atomic E-state index is 12.5. The molecule has 1 aliphatic rings. The Kier molecular flexibility index (Phi) is 4.33. The zero-order chi connectivity index (χ0) is 17.1. The van der Waals surface area contributed by atoms with E-state index < -0.39 is 4.92 Å². The highest BCUT2D eigenvalue weighted by Gasteiger charge is 2.24. The highest BCUT2D eigenvalue weighted by Crippen LogP contribution is 2.27. The Morgan fingerprint density at radius 3 is 2.42 bits per heavy atom. The van der Waals surface area contributed by atoms with Gasteiger partial charge in [0, 0.05) is 43.9 Å². The van der Waals surface area contributed by atoms with Crippen molar-refractivity contribution in [2.24, 2.45) is 0 Å². The van der Waals surface area contributed by atoms with Gasteiger partial charge in [-0.15, -0.1) is 0 Å². The number of nitro groups is 1. The molecule has 0 aliphatic carbocycles. The van der Waals surface area contributed by atoms with Gasteiger partial charge in [0.2, 0.25) is 0 Å². The van der Waals surface area contributed by atoms with Gasteiger partial charge in [0.15, 0.2) is 0 Å². The summed E-state index contributed by atoms with van der Waals surface area (Å²) in [4.78, 5) is 26.5. The quantitative estimate of drug-likeness (QED) is 0.690. The Balaban J connectivity index is 1.68. The summed E-state index contributed by atoms with van der Waals surface area (Å²) in [5.41, 5.74) is 0.980. The molecule has 2 aromatic carbocycles. The van der Waals surface area contributed by atoms with Crippen molar-refractivity contribution < 1.29 is 14.8 Å². The number of phenols is 1. The van der Waals surface area contributed by atoms with Crippen molar-refractivity contribution in [1.29, 1.82) is 0 Å². The van der Waals surface area contributed by atoms with E-state index in [0.29, 0.717) is 31.7 Å². The van der Waals surface area contributed by atoms with Crippen LogP contribution in [0.2, 0.25) is 0 Å². The summed E-state index contributed by atoms with van der Waals surface area (Å²) >= 11 is 0. The molecule has 24 heavy (non-hydrogen) atoms. The van der Waals surface area contributed by atoms with E-state index in [9.17, 15) is 20.0 Å². The lowest BCUT2D eigenvalue weighted by Gasteiger charge is -2.36. The molecule has 7 heteroatoms. The molecule has 1 heterocycles. The lowest BCUT2D eigenvalue weighted by molar-refractivity contribution is -0.384. The van der Waals surface area contributed by atoms with Crippen molar-refractivity contribution in [3.05, 3.63) is 64.2 Å². The third-order valence-electron chi connectivity index (χ3n) is 4.09. The molecule has 0 atom stereocenters. The van der Waals surface area contributed by atoms with Crippen LogP contribution in [0.15, 0.2) is 48.5 Å². The largest absolute Gasteiger partial charge is 0.506 e. The Labute approximate surface area is 138 Å². The van der Waals surface area contributed by atoms with Gasteiger partial charge in [-0.1, -0.05) is 18.2 Å². The van der Waals surface area contributed by atoms with Gasteiger partial charge in [-0.2, -0.15) is 0 Å². The van der Waals surface area contributed by atoms with E-state index in [-0.39, 0.29) is 17.3 Å². The van der Waals surface area contributed by atoms with Crippen LogP contribution in [0.25, 0.3) is 0 Å². The molecule has 7 nitrogen and oxygen atoms in total. The highest BCUT2D eigenvalue weighted by atomic mass is 16.6. The maximum Gasteiger partial charge on any atom is 0.270 e. The van der Waals surface area contributed by atoms with Gasteiger partial charge < -0.3 is 14.9 Å². The predicted octanol–water partition coefficient (Wildman–Crippen LogP) is 2.26. The number of aromatic hydroxyl groups is 1. The number of carbonyl (C=O) groups excluding carboxylic acids is 1. The summed E-state index contributed by atoms with van der Waals surface area (Å²) in [7, 11) is 0. The molecule has 1 saturated heterocycles. The molecule has 2 aromatic rings. The van der Waals surface area contributed by atoms with Crippen LogP contribution in [-0.2, 0) is 0 Å². The third kappa shape index (κ3) is 3.15. The van der Waals surface area contributed by atoms with Gasteiger partial charge in [-0.25, -0.2) is 0 Å². The molecule has 0 aromatic heterocycles. The number of hydrogen-bond acceptors (Lipinski definition) is 5. The maximum absolute atomic E-state index is 12.5. The fraction of sp³-hybridized carbons (Fsp3) is 0.235. The predicted molar refractivity (Wildman–Crippen MR) is 89.3 cm³/mol. The number of rotatable bonds is 3. The van der Waals surface area contributed by atoms with Crippen LogP contribution >= 0.6 is 0 Å². The van der Waals surface area contributed by atoms with Crippen LogP contribution in [0.3, 0.4) is 0 Å². The molecule has 1 amide bonds. The van der Waals surface area contributed by atoms with Crippen molar-refractivity contribution in [2.75, 3.05) is 31.1 Å². The third-order valence-corrected chi connectivity index (χ3v) is 4.09. The van der Waals surface area contributed by atoms with E-state index in [2.05, 4.69) is 0 Å². The zero-order valence-corrected chi connectivity index (χ0v) is 13.0. The summed E-state index contributed by atoms with van der Waals surface area (Å²) in [6.07, 6.45) is 0. The van der Waals surface area contributed by atoms with Crippen LogP contribution < -0.4 is 4.90 Å². The molecule has 1 N–H and O–H groups in total. The average molecular weight is 327 g/mol. The Morgan fingerprint density at radius 2 is 1.75 bits per heavy atom. The molecule has 0 saturated carbocycles. The Morgan fingerprint density at radius 1 is 1.04 bits per heavy atom. The van der Waals surface area contributed by atoms with Crippen LogP contribution in [0, 0.1) is 10.1 Å². The van der Waals surface area contributed by atoms with Gasteiger partial charge in [0.25, 0.3) is 11.6 Å². The zero-order valence-electron chi connectivity index (χ0n) is 13.0. The average Bonchev–Trinajstić information content (AvgIpc) is 2.62. The lowest BCUT2D eigenvalue weighted by atomic mass is 10.1. The molecule has 0 radical (unpaired) electrons. The minimum Gasteiger partial charge on any atom is -0.506 e. The molecular weight excluding hydrogens is 310 g/mol. The number of benzene rings is 2. The van der Waals surface area contributed by atoms with Gasteiger partial charge in [0.1, 0.15) is 5.75 Å². The number of carbonyl (C=O) groups is 1. The molecule has 124 valence electrons. The van der Waals surface area contributed by atoms with E-state index in [0.717, 1.165) is 5.69 Å². The van der Waals surface area contributed by atoms with E-state index in [1.54, 1.807) is 23.1 Å². The molecular formula is C17H17N3O4. The van der Waals surface area contributed by atoms with E-state index >= 15 is 0 Å². The first-order chi connectivity index (χ1) is 11.6. The number of anilines is 1. The topological polar surface area (TPSA) is 86.9 Å². The summed E-state index contributed by atoms with van der Waals surface area (Å²) in [5.74, 6) is 0.00611. The van der Waals surface area contributed by atoms with Crippen molar-refractivity contribution >= 4 is 17.3 Å². The van der Waals surface area contributed by atoms with Crippen molar-refractivity contribution in [3.8, 4) is 5.75 Å². The number of nitro benzene ring substituents is 1. The number of para-hydroxylation sites is 2. The van der Waals surface area contributed by atoms with Crippen LogP contribution in [0.1, 0.15) is 10.4 Å². The molecule has 0 spiro atoms. The second kappa shape index (κ2) is 6.57. The highest BCUT2D eigenvalue weighted by molar-refractivity contribution is 5.95. The van der Waals surface area contributed by atoms with Crippen LogP contribution in [0.4, 0.5) is 11.4 Å². The number of piperazine rings is 1. The van der Waals surface area contributed by atoms with E-state index in [1.165, 1.54) is 18.2 Å². The second-order valence-electron chi connectivity index (χ2n) is 5.58. The molecule has 3 rings (SSSR count). The van der Waals surface area contributed by atoms with Gasteiger partial charge in [0.05, 0.1) is 10.6 Å². The molecule has 1 aliphatic heterocycles. The number of amides is 1. The van der Waals surface area contributed by atoms with Gasteiger partial charge >= 0.3 is 0 Å². The SMILES string of the molecule is O=C(c1cccc([N+](=O)[O-])c1)N1CCN(c2ccccc2O)CC1. The summed E-state index contributed by atoms with van der Waals surface area (Å²) in [6, 6.07) is 12.9. The van der Waals surface area contributed by atoms with Crippen LogP contribution in [-0.4, -0.2) is 47.0 Å². The number of phenolic OH excluding ortho intramolecular Hbond substituents is 1. The van der Waals surface area contributed by atoms with E-state index in [4.69, 9.17) is 0 Å². The van der Waals surface area contributed by atoms with Crippen molar-refractivity contribution in [1.82, 2.24) is 4.90 Å². The Hall–Kier alpha value is -3.09. The minimum absolute atomic E-state index is 0.0892. The first-order valence-electron chi connectivity index (χ1n) is 7.63. The molecule has 0 bridgehead atoms. The van der Waals surface area contributed by atoms with E-state index in [1.807, 2.05) is 17.0 Å². The minimum atomic E-state index is -0.507. The van der Waals surface area contributed by atoms with Crippen molar-refractivity contribution in [3.63, 3.8) is 0 Å². The fourth-order valence-electron chi connectivity index (χ4n) is 2.82. The first-order valence-corrected chi connectivity index (χ1v) is 7.63. The second-order valence-corrected chi connectivity index (χ2v) is 5.58. The number of non-ortho nitro benzene ring substituents is 1. The standard InChI is InChI=1S/C17H17N3O4/c21-16-7-2-1-6-15(16)18-8-10-19(11-9-18)17(22)13-4-3-5-14(12-13)20(23)24/h1-7,12,21H,8-11H2. The fourth-order valence-corrected chi connectivity index (χ4v) is 2.82. The monoisotopic (exact) mass is 327 g/mol. The normalized spacial score (nSPS) is 14.5. The summed E-state index contributed by atoms with van der Waals surface area (Å²) in [6.45, 7) is 2.18. The van der Waals surface area contributed by atoms with Gasteiger partial charge in [-0.3, -0.25) is 14.9 Å². The van der Waals surface area contributed by atoms with Gasteiger partial charge in [-0.05, 0) is 18.2 Å². The van der Waals surface area contributed by atoms with Crippen molar-refractivity contribution in [2.45, 2.75) is 0 Å². The van der Waals surface area contributed by atoms with Crippen LogP contribution in [0.5, 0.6) is 5.75 Å². The molecule has 0 unspecified atom stereocenters. The lowest BCUT2D eigenvalue weighted by Crippen LogP contribution is -2.48. The summed E-state index contributed by atoms with van der Waals surface area (Å²) < 4.78 is 0. The summed E-state index contributed by atoms with van der Waals surface area (Å²) in [5, 5.41) is 20.7.